The van der Waals surface area contributed by atoms with Crippen LogP contribution >= 0.6 is 0 Å². The second-order valence-corrected chi connectivity index (χ2v) is 4.83. The summed E-state index contributed by atoms with van der Waals surface area (Å²) in [6.45, 7) is 4.59. The summed E-state index contributed by atoms with van der Waals surface area (Å²) in [5, 5.41) is 10.2. The second-order valence-electron chi connectivity index (χ2n) is 4.83. The molecule has 3 nitrogen and oxygen atoms in total. The van der Waals surface area contributed by atoms with Crippen molar-refractivity contribution in [3.8, 4) is 5.75 Å². The third kappa shape index (κ3) is 2.31. The second kappa shape index (κ2) is 4.67. The third-order valence-electron chi connectivity index (χ3n) is 3.47. The van der Waals surface area contributed by atoms with Gasteiger partial charge in [-0.2, -0.15) is 0 Å². The summed E-state index contributed by atoms with van der Waals surface area (Å²) >= 11 is 0. The zero-order chi connectivity index (χ0) is 12.5. The molecule has 0 amide bonds. The number of aliphatic hydroxyl groups excluding tert-OH is 1. The summed E-state index contributed by atoms with van der Waals surface area (Å²) < 4.78 is 11.3. The van der Waals surface area contributed by atoms with Crippen molar-refractivity contribution in [2.75, 3.05) is 13.7 Å². The lowest BCUT2D eigenvalue weighted by Crippen LogP contribution is -2.44. The molecule has 1 N–H and O–H groups in total. The fourth-order valence-corrected chi connectivity index (χ4v) is 2.43. The van der Waals surface area contributed by atoms with E-state index in [0.29, 0.717) is 13.0 Å². The number of aliphatic hydroxyl groups is 1. The van der Waals surface area contributed by atoms with Crippen molar-refractivity contribution in [1.82, 2.24) is 0 Å². The van der Waals surface area contributed by atoms with Crippen molar-refractivity contribution in [3.05, 3.63) is 29.3 Å². The monoisotopic (exact) mass is 236 g/mol. The zero-order valence-electron chi connectivity index (χ0n) is 10.7. The standard InChI is InChI=1S/C14H20O3/c1-4-14(9-16-3)8-12(15)11-7-10(2)5-6-13(11)17-14/h5-7,12,15H,4,8-9H2,1-3H3/t12-,14?/m0/s1. The lowest BCUT2D eigenvalue weighted by Gasteiger charge is -2.40. The van der Waals surface area contributed by atoms with E-state index in [2.05, 4.69) is 6.92 Å². The number of rotatable bonds is 3. The maximum atomic E-state index is 10.2. The van der Waals surface area contributed by atoms with Crippen LogP contribution in [-0.2, 0) is 4.74 Å². The Hall–Kier alpha value is -1.06. The van der Waals surface area contributed by atoms with Gasteiger partial charge in [-0.25, -0.2) is 0 Å². The van der Waals surface area contributed by atoms with Gasteiger partial charge in [-0.1, -0.05) is 18.6 Å². The number of hydrogen-bond acceptors (Lipinski definition) is 3. The summed E-state index contributed by atoms with van der Waals surface area (Å²) in [5.41, 5.74) is 1.64. The van der Waals surface area contributed by atoms with Gasteiger partial charge in [0.25, 0.3) is 0 Å². The van der Waals surface area contributed by atoms with Gasteiger partial charge in [0.05, 0.1) is 12.7 Å². The van der Waals surface area contributed by atoms with Crippen molar-refractivity contribution < 1.29 is 14.6 Å². The quantitative estimate of drug-likeness (QED) is 0.876. The van der Waals surface area contributed by atoms with E-state index >= 15 is 0 Å². The summed E-state index contributed by atoms with van der Waals surface area (Å²) in [7, 11) is 1.66. The number of aryl methyl sites for hydroxylation is 1. The topological polar surface area (TPSA) is 38.7 Å². The Morgan fingerprint density at radius 3 is 2.94 bits per heavy atom. The SMILES string of the molecule is CCC1(COC)C[C@H](O)c2cc(C)ccc2O1. The molecule has 1 aromatic carbocycles. The molecule has 0 aliphatic carbocycles. The van der Waals surface area contributed by atoms with Crippen LogP contribution in [-0.4, -0.2) is 24.4 Å². The van der Waals surface area contributed by atoms with E-state index in [1.165, 1.54) is 0 Å². The number of ether oxygens (including phenoxy) is 2. The van der Waals surface area contributed by atoms with Crippen molar-refractivity contribution in [2.45, 2.75) is 38.4 Å². The van der Waals surface area contributed by atoms with Crippen LogP contribution < -0.4 is 4.74 Å². The summed E-state index contributed by atoms with van der Waals surface area (Å²) in [5.74, 6) is 0.785. The molecule has 2 rings (SSSR count). The average Bonchev–Trinajstić information content (AvgIpc) is 2.31. The highest BCUT2D eigenvalue weighted by molar-refractivity contribution is 5.40. The molecule has 1 aliphatic heterocycles. The molecule has 0 radical (unpaired) electrons. The number of methoxy groups -OCH3 is 1. The van der Waals surface area contributed by atoms with Gasteiger partial charge in [0.2, 0.25) is 0 Å². The van der Waals surface area contributed by atoms with Crippen LogP contribution in [0.3, 0.4) is 0 Å². The van der Waals surface area contributed by atoms with Crippen LogP contribution in [0, 0.1) is 6.92 Å². The van der Waals surface area contributed by atoms with Gasteiger partial charge in [0.15, 0.2) is 0 Å². The Balaban J connectivity index is 2.35. The molecule has 1 heterocycles. The molecule has 2 atom stereocenters. The highest BCUT2D eigenvalue weighted by atomic mass is 16.5. The summed E-state index contributed by atoms with van der Waals surface area (Å²) in [6, 6.07) is 5.93. The van der Waals surface area contributed by atoms with Gasteiger partial charge in [0.1, 0.15) is 11.4 Å². The lowest BCUT2D eigenvalue weighted by molar-refractivity contribution is -0.0626. The largest absolute Gasteiger partial charge is 0.484 e. The highest BCUT2D eigenvalue weighted by Gasteiger charge is 2.39. The fraction of sp³-hybridized carbons (Fsp3) is 0.571. The first-order valence-electron chi connectivity index (χ1n) is 6.07. The van der Waals surface area contributed by atoms with E-state index in [-0.39, 0.29) is 0 Å². The first kappa shape index (κ1) is 12.4. The van der Waals surface area contributed by atoms with E-state index in [9.17, 15) is 5.11 Å². The van der Waals surface area contributed by atoms with E-state index in [1.807, 2.05) is 25.1 Å². The van der Waals surface area contributed by atoms with Gasteiger partial charge in [0, 0.05) is 19.1 Å². The minimum Gasteiger partial charge on any atom is -0.484 e. The molecule has 1 unspecified atom stereocenters. The molecule has 0 aromatic heterocycles. The first-order valence-corrected chi connectivity index (χ1v) is 6.07. The Morgan fingerprint density at radius 1 is 1.53 bits per heavy atom. The van der Waals surface area contributed by atoms with Crippen molar-refractivity contribution >= 4 is 0 Å². The van der Waals surface area contributed by atoms with E-state index in [0.717, 1.165) is 23.3 Å². The van der Waals surface area contributed by atoms with Crippen molar-refractivity contribution in [3.63, 3.8) is 0 Å². The molecular weight excluding hydrogens is 216 g/mol. The minimum atomic E-state index is -0.464. The number of hydrogen-bond donors (Lipinski definition) is 1. The van der Waals surface area contributed by atoms with Crippen LogP contribution in [0.15, 0.2) is 18.2 Å². The van der Waals surface area contributed by atoms with Crippen molar-refractivity contribution in [2.24, 2.45) is 0 Å². The van der Waals surface area contributed by atoms with Crippen molar-refractivity contribution in [1.29, 1.82) is 0 Å². The molecule has 0 spiro atoms. The van der Waals surface area contributed by atoms with Crippen LogP contribution in [0.1, 0.15) is 37.0 Å². The average molecular weight is 236 g/mol. The van der Waals surface area contributed by atoms with Gasteiger partial charge in [-0.15, -0.1) is 0 Å². The molecule has 3 heteroatoms. The highest BCUT2D eigenvalue weighted by Crippen LogP contribution is 2.41. The first-order chi connectivity index (χ1) is 8.10. The lowest BCUT2D eigenvalue weighted by atomic mass is 9.87. The molecule has 0 saturated heterocycles. The molecule has 0 bridgehead atoms. The third-order valence-corrected chi connectivity index (χ3v) is 3.47. The molecule has 0 saturated carbocycles. The van der Waals surface area contributed by atoms with Crippen LogP contribution in [0.4, 0.5) is 0 Å². The van der Waals surface area contributed by atoms with Gasteiger partial charge in [-0.05, 0) is 25.5 Å². The Labute approximate surface area is 102 Å². The predicted molar refractivity (Wildman–Crippen MR) is 66.3 cm³/mol. The molecule has 1 aromatic rings. The smallest absolute Gasteiger partial charge is 0.135 e. The van der Waals surface area contributed by atoms with E-state index < -0.39 is 11.7 Å². The Morgan fingerprint density at radius 2 is 2.29 bits per heavy atom. The van der Waals surface area contributed by atoms with Gasteiger partial charge in [-0.3, -0.25) is 0 Å². The Bertz CT molecular complexity index is 402. The fourth-order valence-electron chi connectivity index (χ4n) is 2.43. The Kier molecular flexibility index (Phi) is 3.40. The minimum absolute atomic E-state index is 0.392. The van der Waals surface area contributed by atoms with E-state index in [1.54, 1.807) is 7.11 Å². The maximum absolute atomic E-state index is 10.2. The summed E-state index contributed by atoms with van der Waals surface area (Å²) in [4.78, 5) is 0. The molecule has 17 heavy (non-hydrogen) atoms. The molecular formula is C14H20O3. The summed E-state index contributed by atoms with van der Waals surface area (Å²) in [6.07, 6.45) is 0.952. The van der Waals surface area contributed by atoms with Crippen LogP contribution in [0.2, 0.25) is 0 Å². The van der Waals surface area contributed by atoms with E-state index in [4.69, 9.17) is 9.47 Å². The molecule has 94 valence electrons. The predicted octanol–water partition coefficient (Wildman–Crippen LogP) is 2.61. The number of benzene rings is 1. The molecule has 1 aliphatic rings. The maximum Gasteiger partial charge on any atom is 0.135 e. The van der Waals surface area contributed by atoms with Crippen LogP contribution in [0.25, 0.3) is 0 Å². The molecule has 0 fully saturated rings. The van der Waals surface area contributed by atoms with Gasteiger partial charge >= 0.3 is 0 Å². The van der Waals surface area contributed by atoms with Gasteiger partial charge < -0.3 is 14.6 Å². The normalized spacial score (nSPS) is 27.4. The van der Waals surface area contributed by atoms with Crippen LogP contribution in [0.5, 0.6) is 5.75 Å². The number of fused-ring (bicyclic) bond motifs is 1. The zero-order valence-corrected chi connectivity index (χ0v) is 10.7.